The van der Waals surface area contributed by atoms with Gasteiger partial charge < -0.3 is 10.5 Å². The first kappa shape index (κ1) is 13.3. The number of aromatic nitrogens is 2. The number of nitrogens with zero attached hydrogens (tertiary/aromatic N) is 2. The second-order valence-electron chi connectivity index (χ2n) is 4.21. The van der Waals surface area contributed by atoms with Crippen LogP contribution in [0.4, 0.5) is 0 Å². The third-order valence-corrected chi connectivity index (χ3v) is 2.90. The highest BCUT2D eigenvalue weighted by Crippen LogP contribution is 2.12. The van der Waals surface area contributed by atoms with Crippen LogP contribution in [0.25, 0.3) is 0 Å². The van der Waals surface area contributed by atoms with E-state index in [1.54, 1.807) is 17.9 Å². The minimum atomic E-state index is -0.00823. The Morgan fingerprint density at radius 1 is 1.37 bits per heavy atom. The maximum absolute atomic E-state index is 12.2. The minimum Gasteiger partial charge on any atom is -0.497 e. The lowest BCUT2D eigenvalue weighted by Gasteiger charge is -2.06. The summed E-state index contributed by atoms with van der Waals surface area (Å²) in [6.07, 6.45) is 4.20. The Morgan fingerprint density at radius 3 is 2.74 bits per heavy atom. The first-order valence-corrected chi connectivity index (χ1v) is 6.12. The summed E-state index contributed by atoms with van der Waals surface area (Å²) in [7, 11) is 1.62. The third-order valence-electron chi connectivity index (χ3n) is 2.90. The normalized spacial score (nSPS) is 10.4. The molecule has 2 rings (SSSR count). The summed E-state index contributed by atoms with van der Waals surface area (Å²) in [5.41, 5.74) is 7.30. The van der Waals surface area contributed by atoms with Gasteiger partial charge >= 0.3 is 0 Å². The van der Waals surface area contributed by atoms with E-state index in [9.17, 15) is 4.79 Å². The summed E-state index contributed by atoms with van der Waals surface area (Å²) < 4.78 is 6.65. The van der Waals surface area contributed by atoms with Gasteiger partial charge in [-0.15, -0.1) is 0 Å². The molecule has 0 unspecified atom stereocenters. The number of ether oxygens (including phenoxy) is 1. The average molecular weight is 259 g/mol. The lowest BCUT2D eigenvalue weighted by atomic mass is 10.1. The van der Waals surface area contributed by atoms with Gasteiger partial charge in [0.2, 0.25) is 5.91 Å². The van der Waals surface area contributed by atoms with Gasteiger partial charge in [-0.3, -0.25) is 9.36 Å². The largest absolute Gasteiger partial charge is 0.497 e. The van der Waals surface area contributed by atoms with Crippen molar-refractivity contribution in [2.45, 2.75) is 12.8 Å². The Balaban J connectivity index is 2.09. The van der Waals surface area contributed by atoms with Gasteiger partial charge in [0.05, 0.1) is 13.5 Å². The molecule has 19 heavy (non-hydrogen) atoms. The summed E-state index contributed by atoms with van der Waals surface area (Å²) in [5, 5.41) is 0. The van der Waals surface area contributed by atoms with Crippen molar-refractivity contribution < 1.29 is 9.53 Å². The molecular formula is C14H17N3O2. The fourth-order valence-corrected chi connectivity index (χ4v) is 1.88. The van der Waals surface area contributed by atoms with Crippen LogP contribution in [0.1, 0.15) is 16.1 Å². The van der Waals surface area contributed by atoms with E-state index in [4.69, 9.17) is 10.5 Å². The summed E-state index contributed by atoms with van der Waals surface area (Å²) in [6, 6.07) is 7.46. The van der Waals surface area contributed by atoms with Crippen molar-refractivity contribution in [3.63, 3.8) is 0 Å². The Labute approximate surface area is 112 Å². The lowest BCUT2D eigenvalue weighted by Crippen LogP contribution is -2.17. The van der Waals surface area contributed by atoms with Crippen molar-refractivity contribution in [1.29, 1.82) is 0 Å². The lowest BCUT2D eigenvalue weighted by molar-refractivity contribution is 0.0911. The summed E-state index contributed by atoms with van der Waals surface area (Å²) in [6.45, 7) is 0.501. The number of imidazole rings is 1. The van der Waals surface area contributed by atoms with E-state index in [0.29, 0.717) is 19.4 Å². The zero-order valence-electron chi connectivity index (χ0n) is 10.9. The molecule has 0 radical (unpaired) electrons. The van der Waals surface area contributed by atoms with Gasteiger partial charge in [-0.2, -0.15) is 0 Å². The van der Waals surface area contributed by atoms with Gasteiger partial charge in [0.1, 0.15) is 12.1 Å². The molecule has 0 spiro atoms. The molecule has 0 atom stereocenters. The van der Waals surface area contributed by atoms with E-state index in [1.165, 1.54) is 6.33 Å². The first-order chi connectivity index (χ1) is 9.24. The molecule has 1 aromatic heterocycles. The predicted molar refractivity (Wildman–Crippen MR) is 72.3 cm³/mol. The van der Waals surface area contributed by atoms with E-state index in [1.807, 2.05) is 24.3 Å². The van der Waals surface area contributed by atoms with Crippen LogP contribution in [0.15, 0.2) is 36.8 Å². The van der Waals surface area contributed by atoms with Crippen LogP contribution in [-0.4, -0.2) is 29.1 Å². The standard InChI is InChI=1S/C14H17N3O2/c1-19-13-4-2-11(3-5-13)8-14(18)17-10-16-9-12(17)6-7-15/h2-5,9-10H,6-8,15H2,1H3. The second kappa shape index (κ2) is 6.15. The van der Waals surface area contributed by atoms with E-state index in [-0.39, 0.29) is 5.91 Å². The number of rotatable bonds is 5. The molecule has 1 heterocycles. The van der Waals surface area contributed by atoms with E-state index in [0.717, 1.165) is 17.0 Å². The Hall–Kier alpha value is -2.14. The SMILES string of the molecule is COc1ccc(CC(=O)n2cncc2CCN)cc1. The molecule has 0 aliphatic rings. The fourth-order valence-electron chi connectivity index (χ4n) is 1.88. The molecule has 1 aromatic carbocycles. The molecule has 0 bridgehead atoms. The molecule has 0 fully saturated rings. The van der Waals surface area contributed by atoms with Crippen molar-refractivity contribution in [3.8, 4) is 5.75 Å². The van der Waals surface area contributed by atoms with Crippen LogP contribution in [0.5, 0.6) is 5.75 Å². The number of hydrogen-bond donors (Lipinski definition) is 1. The molecule has 0 saturated carbocycles. The van der Waals surface area contributed by atoms with Crippen molar-refractivity contribution in [2.24, 2.45) is 5.73 Å². The number of methoxy groups -OCH3 is 1. The smallest absolute Gasteiger partial charge is 0.236 e. The number of nitrogens with two attached hydrogens (primary N) is 1. The van der Waals surface area contributed by atoms with Crippen molar-refractivity contribution >= 4 is 5.91 Å². The number of benzene rings is 1. The van der Waals surface area contributed by atoms with Crippen molar-refractivity contribution in [2.75, 3.05) is 13.7 Å². The highest BCUT2D eigenvalue weighted by Gasteiger charge is 2.10. The van der Waals surface area contributed by atoms with Crippen LogP contribution in [0.2, 0.25) is 0 Å². The number of carbonyl (C=O) groups excluding carboxylic acids is 1. The number of hydrogen-bond acceptors (Lipinski definition) is 4. The molecule has 2 aromatic rings. The second-order valence-corrected chi connectivity index (χ2v) is 4.21. The zero-order chi connectivity index (χ0) is 13.7. The molecule has 2 N–H and O–H groups in total. The topological polar surface area (TPSA) is 70.1 Å². The van der Waals surface area contributed by atoms with Gasteiger partial charge in [0, 0.05) is 18.3 Å². The van der Waals surface area contributed by atoms with E-state index < -0.39 is 0 Å². The molecule has 0 aliphatic carbocycles. The summed E-state index contributed by atoms with van der Waals surface area (Å²) >= 11 is 0. The quantitative estimate of drug-likeness (QED) is 0.878. The highest BCUT2D eigenvalue weighted by atomic mass is 16.5. The Morgan fingerprint density at radius 2 is 2.11 bits per heavy atom. The molecule has 0 saturated heterocycles. The van der Waals surface area contributed by atoms with Crippen LogP contribution >= 0.6 is 0 Å². The van der Waals surface area contributed by atoms with Gasteiger partial charge in [0.15, 0.2) is 0 Å². The molecule has 0 amide bonds. The zero-order valence-corrected chi connectivity index (χ0v) is 10.9. The molecule has 100 valence electrons. The van der Waals surface area contributed by atoms with E-state index >= 15 is 0 Å². The number of carbonyl (C=O) groups is 1. The van der Waals surface area contributed by atoms with Gasteiger partial charge in [-0.05, 0) is 24.2 Å². The third kappa shape index (κ3) is 3.20. The fraction of sp³-hybridized carbons (Fsp3) is 0.286. The van der Waals surface area contributed by atoms with Crippen LogP contribution in [0.3, 0.4) is 0 Å². The Kier molecular flexibility index (Phi) is 4.30. The summed E-state index contributed by atoms with van der Waals surface area (Å²) in [5.74, 6) is 0.772. The highest BCUT2D eigenvalue weighted by molar-refractivity contribution is 5.81. The van der Waals surface area contributed by atoms with Gasteiger partial charge in [-0.25, -0.2) is 4.98 Å². The van der Waals surface area contributed by atoms with E-state index in [2.05, 4.69) is 4.98 Å². The van der Waals surface area contributed by atoms with Crippen molar-refractivity contribution in [3.05, 3.63) is 48.0 Å². The molecule has 5 heteroatoms. The molecule has 5 nitrogen and oxygen atoms in total. The molecular weight excluding hydrogens is 242 g/mol. The molecule has 0 aliphatic heterocycles. The summed E-state index contributed by atoms with van der Waals surface area (Å²) in [4.78, 5) is 16.2. The van der Waals surface area contributed by atoms with Crippen LogP contribution in [0, 0.1) is 0 Å². The van der Waals surface area contributed by atoms with Gasteiger partial charge in [-0.1, -0.05) is 12.1 Å². The maximum Gasteiger partial charge on any atom is 0.236 e. The average Bonchev–Trinajstić information content (AvgIpc) is 2.88. The maximum atomic E-state index is 12.2. The van der Waals surface area contributed by atoms with Crippen LogP contribution < -0.4 is 10.5 Å². The van der Waals surface area contributed by atoms with Crippen molar-refractivity contribution in [1.82, 2.24) is 9.55 Å². The monoisotopic (exact) mass is 259 g/mol. The Bertz CT molecular complexity index is 546. The predicted octanol–water partition coefficient (Wildman–Crippen LogP) is 1.28. The van der Waals surface area contributed by atoms with Crippen LogP contribution in [-0.2, 0) is 12.8 Å². The van der Waals surface area contributed by atoms with Gasteiger partial charge in [0.25, 0.3) is 0 Å². The minimum absolute atomic E-state index is 0.00823. The first-order valence-electron chi connectivity index (χ1n) is 6.12.